The first-order chi connectivity index (χ1) is 17.5. The molecule has 1 fully saturated rings. The van der Waals surface area contributed by atoms with Gasteiger partial charge in [-0.15, -0.1) is 0 Å². The monoisotopic (exact) mass is 508 g/mol. The van der Waals surface area contributed by atoms with Crippen LogP contribution in [0.3, 0.4) is 0 Å². The van der Waals surface area contributed by atoms with Gasteiger partial charge >= 0.3 is 5.97 Å². The molecule has 1 aliphatic heterocycles. The van der Waals surface area contributed by atoms with E-state index in [2.05, 4.69) is 5.32 Å². The molecule has 1 saturated heterocycles. The quantitative estimate of drug-likeness (QED) is 0.271. The number of hydrogen-bond donors (Lipinski definition) is 3. The maximum Gasteiger partial charge on any atom is 0.332 e. The average molecular weight is 509 g/mol. The zero-order valence-corrected chi connectivity index (χ0v) is 21.7. The third-order valence-electron chi connectivity index (χ3n) is 5.95. The topological polar surface area (TPSA) is 135 Å². The van der Waals surface area contributed by atoms with Gasteiger partial charge in [0.2, 0.25) is 5.91 Å². The molecule has 2 aromatic rings. The molecule has 0 aliphatic carbocycles. The molecule has 9 heteroatoms. The number of piperidine rings is 1. The molecule has 4 N–H and O–H groups in total. The maximum absolute atomic E-state index is 13.5. The Bertz CT molecular complexity index is 1090. The van der Waals surface area contributed by atoms with E-state index in [1.165, 1.54) is 0 Å². The van der Waals surface area contributed by atoms with Gasteiger partial charge in [-0.05, 0) is 51.3 Å². The number of nitrogens with one attached hydrogen (secondary N) is 2. The second-order valence-corrected chi connectivity index (χ2v) is 10.1. The number of carbonyl (C=O) groups excluding carboxylic acids is 3. The van der Waals surface area contributed by atoms with E-state index in [9.17, 15) is 14.4 Å². The highest BCUT2D eigenvalue weighted by Crippen LogP contribution is 2.17. The molecule has 0 unspecified atom stereocenters. The highest BCUT2D eigenvalue weighted by Gasteiger charge is 2.30. The van der Waals surface area contributed by atoms with Gasteiger partial charge < -0.3 is 25.4 Å². The molecule has 37 heavy (non-hydrogen) atoms. The van der Waals surface area contributed by atoms with Crippen molar-refractivity contribution in [3.05, 3.63) is 71.3 Å². The number of nitrogens with zero attached hydrogens (tertiary/aromatic N) is 1. The number of amidine groups is 1. The van der Waals surface area contributed by atoms with Crippen LogP contribution in [0.15, 0.2) is 54.6 Å². The third kappa shape index (κ3) is 8.71. The van der Waals surface area contributed by atoms with E-state index in [0.717, 1.165) is 5.56 Å². The Morgan fingerprint density at radius 3 is 2.19 bits per heavy atom. The van der Waals surface area contributed by atoms with E-state index in [0.29, 0.717) is 43.5 Å². The minimum atomic E-state index is -0.749. The van der Waals surface area contributed by atoms with E-state index in [4.69, 9.17) is 20.6 Å². The van der Waals surface area contributed by atoms with Gasteiger partial charge in [0.05, 0.1) is 6.10 Å². The van der Waals surface area contributed by atoms with Crippen LogP contribution in [-0.4, -0.2) is 66.0 Å². The van der Waals surface area contributed by atoms with Gasteiger partial charge in [-0.3, -0.25) is 15.0 Å². The van der Waals surface area contributed by atoms with E-state index < -0.39 is 17.6 Å². The smallest absolute Gasteiger partial charge is 0.332 e. The van der Waals surface area contributed by atoms with Crippen molar-refractivity contribution in [3.63, 3.8) is 0 Å². The Labute approximate surface area is 217 Å². The van der Waals surface area contributed by atoms with Crippen LogP contribution >= 0.6 is 0 Å². The lowest BCUT2D eigenvalue weighted by molar-refractivity contribution is -0.163. The van der Waals surface area contributed by atoms with Crippen LogP contribution < -0.4 is 11.1 Å². The van der Waals surface area contributed by atoms with E-state index in [-0.39, 0.29) is 30.4 Å². The van der Waals surface area contributed by atoms with Crippen LogP contribution in [0.1, 0.15) is 55.1 Å². The minimum Gasteiger partial charge on any atom is -0.458 e. The summed E-state index contributed by atoms with van der Waals surface area (Å²) >= 11 is 0. The molecular weight excluding hydrogens is 472 g/mol. The Morgan fingerprint density at radius 1 is 1.03 bits per heavy atom. The van der Waals surface area contributed by atoms with Crippen molar-refractivity contribution in [1.29, 1.82) is 5.41 Å². The molecule has 1 aliphatic rings. The first-order valence-corrected chi connectivity index (χ1v) is 12.4. The summed E-state index contributed by atoms with van der Waals surface area (Å²) in [5.41, 5.74) is 6.76. The summed E-state index contributed by atoms with van der Waals surface area (Å²) in [7, 11) is 0. The lowest BCUT2D eigenvalue weighted by Gasteiger charge is -2.34. The summed E-state index contributed by atoms with van der Waals surface area (Å²) in [5.74, 6) is -1.03. The zero-order chi connectivity index (χ0) is 27.0. The Balaban J connectivity index is 1.61. The van der Waals surface area contributed by atoms with E-state index in [1.54, 1.807) is 49.9 Å². The number of likely N-dealkylation sites (tertiary alicyclic amines) is 1. The van der Waals surface area contributed by atoms with Gasteiger partial charge in [-0.1, -0.05) is 42.5 Å². The number of hydrogen-bond acceptors (Lipinski definition) is 6. The van der Waals surface area contributed by atoms with Crippen LogP contribution in [0.4, 0.5) is 0 Å². The molecule has 0 aromatic heterocycles. The second-order valence-electron chi connectivity index (χ2n) is 10.1. The predicted octanol–water partition coefficient (Wildman–Crippen LogP) is 2.66. The summed E-state index contributed by atoms with van der Waals surface area (Å²) in [4.78, 5) is 40.2. The first kappa shape index (κ1) is 27.9. The van der Waals surface area contributed by atoms with Gasteiger partial charge in [-0.2, -0.15) is 0 Å². The van der Waals surface area contributed by atoms with Crippen molar-refractivity contribution >= 4 is 23.6 Å². The Kier molecular flexibility index (Phi) is 9.41. The lowest BCUT2D eigenvalue weighted by Crippen LogP contribution is -2.52. The highest BCUT2D eigenvalue weighted by molar-refractivity contribution is 5.99. The zero-order valence-electron chi connectivity index (χ0n) is 21.7. The second kappa shape index (κ2) is 12.5. The van der Waals surface area contributed by atoms with Crippen molar-refractivity contribution < 1.29 is 23.9 Å². The van der Waals surface area contributed by atoms with E-state index >= 15 is 0 Å². The number of nitrogen functional groups attached to an aromatic ring is 1. The fourth-order valence-electron chi connectivity index (χ4n) is 4.11. The van der Waals surface area contributed by atoms with Gasteiger partial charge in [0.15, 0.2) is 0 Å². The van der Waals surface area contributed by atoms with Crippen molar-refractivity contribution in [1.82, 2.24) is 10.2 Å². The number of esters is 1. The maximum atomic E-state index is 13.5. The molecule has 0 spiro atoms. The molecule has 1 heterocycles. The number of benzene rings is 2. The molecular formula is C28H36N4O5. The standard InChI is InChI=1S/C28H36N4O5/c1-28(2,3)37-24(33)18-36-22-13-15-32(16-14-22)27(35)23(17-19-7-5-4-6-8-19)31-26(34)21-11-9-20(10-12-21)25(29)30/h4-12,22-23H,13-18H2,1-3H3,(H3,29,30)(H,31,34)/t23-/m1/s1. The number of nitrogens with two attached hydrogens (primary N) is 1. The molecule has 1 atom stereocenters. The Hall–Kier alpha value is -3.72. The molecule has 0 radical (unpaired) electrons. The van der Waals surface area contributed by atoms with Gasteiger partial charge in [0.25, 0.3) is 5.91 Å². The van der Waals surface area contributed by atoms with Crippen LogP contribution in [0.25, 0.3) is 0 Å². The summed E-state index contributed by atoms with van der Waals surface area (Å²) in [6.45, 7) is 6.23. The third-order valence-corrected chi connectivity index (χ3v) is 5.95. The largest absolute Gasteiger partial charge is 0.458 e. The van der Waals surface area contributed by atoms with Gasteiger partial charge in [0.1, 0.15) is 24.1 Å². The summed E-state index contributed by atoms with van der Waals surface area (Å²) in [6.07, 6.45) is 1.39. The minimum absolute atomic E-state index is 0.0810. The molecule has 0 bridgehead atoms. The van der Waals surface area contributed by atoms with Crippen molar-refractivity contribution in [3.8, 4) is 0 Å². The summed E-state index contributed by atoms with van der Waals surface area (Å²) in [5, 5.41) is 10.4. The van der Waals surface area contributed by atoms with Crippen LogP contribution in [-0.2, 0) is 25.5 Å². The fourth-order valence-corrected chi connectivity index (χ4v) is 4.11. The molecule has 9 nitrogen and oxygen atoms in total. The molecule has 198 valence electrons. The lowest BCUT2D eigenvalue weighted by atomic mass is 10.0. The number of rotatable bonds is 9. The molecule has 0 saturated carbocycles. The van der Waals surface area contributed by atoms with Gasteiger partial charge in [-0.25, -0.2) is 4.79 Å². The molecule has 3 rings (SSSR count). The number of carbonyl (C=O) groups is 3. The molecule has 2 aromatic carbocycles. The predicted molar refractivity (Wildman–Crippen MR) is 140 cm³/mol. The van der Waals surface area contributed by atoms with Gasteiger partial charge in [0, 0.05) is 30.6 Å². The normalized spacial score (nSPS) is 15.1. The van der Waals surface area contributed by atoms with Crippen LogP contribution in [0.2, 0.25) is 0 Å². The summed E-state index contributed by atoms with van der Waals surface area (Å²) < 4.78 is 11.0. The van der Waals surface area contributed by atoms with Crippen LogP contribution in [0.5, 0.6) is 0 Å². The number of ether oxygens (including phenoxy) is 2. The molecule has 2 amide bonds. The van der Waals surface area contributed by atoms with Crippen LogP contribution in [0, 0.1) is 5.41 Å². The van der Waals surface area contributed by atoms with E-state index in [1.807, 2.05) is 30.3 Å². The SMILES string of the molecule is CC(C)(C)OC(=O)COC1CCN(C(=O)[C@@H](Cc2ccccc2)NC(=O)c2ccc(C(=N)N)cc2)CC1. The highest BCUT2D eigenvalue weighted by atomic mass is 16.6. The first-order valence-electron chi connectivity index (χ1n) is 12.4. The van der Waals surface area contributed by atoms with Crippen molar-refractivity contribution in [2.45, 2.75) is 57.8 Å². The summed E-state index contributed by atoms with van der Waals surface area (Å²) in [6, 6.07) is 15.2. The fraction of sp³-hybridized carbons (Fsp3) is 0.429. The van der Waals surface area contributed by atoms with Crippen molar-refractivity contribution in [2.24, 2.45) is 5.73 Å². The Morgan fingerprint density at radius 2 is 1.62 bits per heavy atom. The average Bonchev–Trinajstić information content (AvgIpc) is 2.86. The number of amides is 2. The van der Waals surface area contributed by atoms with Crippen molar-refractivity contribution in [2.75, 3.05) is 19.7 Å².